The van der Waals surface area contributed by atoms with Crippen LogP contribution >= 0.6 is 0 Å². The van der Waals surface area contributed by atoms with Crippen LogP contribution in [0.1, 0.15) is 47.2 Å². The fourth-order valence-corrected chi connectivity index (χ4v) is 5.80. The van der Waals surface area contributed by atoms with Crippen LogP contribution in [-0.4, -0.2) is 104 Å². The number of rotatable bonds is 13. The minimum Gasteiger partial charge on any atom is -0.494 e. The van der Waals surface area contributed by atoms with Gasteiger partial charge in [0.2, 0.25) is 5.91 Å². The first kappa shape index (κ1) is 31.7. The second-order valence-corrected chi connectivity index (χ2v) is 11.9. The predicted octanol–water partition coefficient (Wildman–Crippen LogP) is 3.88. The molecule has 8 nitrogen and oxygen atoms in total. The lowest BCUT2D eigenvalue weighted by Crippen LogP contribution is -2.43. The van der Waals surface area contributed by atoms with Gasteiger partial charge < -0.3 is 19.9 Å². The lowest BCUT2D eigenvalue weighted by Gasteiger charge is -2.34. The van der Waals surface area contributed by atoms with Crippen LogP contribution in [-0.2, 0) is 17.9 Å². The molecule has 2 heterocycles. The van der Waals surface area contributed by atoms with E-state index in [4.69, 9.17) is 4.74 Å². The van der Waals surface area contributed by atoms with Gasteiger partial charge in [0.1, 0.15) is 5.75 Å². The van der Waals surface area contributed by atoms with E-state index in [1.165, 1.54) is 5.56 Å². The van der Waals surface area contributed by atoms with Gasteiger partial charge in [-0.05, 0) is 88.3 Å². The topological polar surface area (TPSA) is 68.4 Å². The zero-order valence-corrected chi connectivity index (χ0v) is 25.6. The summed E-state index contributed by atoms with van der Waals surface area (Å²) in [6, 6.07) is 16.3. The Morgan fingerprint density at radius 1 is 0.952 bits per heavy atom. The molecule has 8 heteroatoms. The fraction of sp³-hybridized carbons (Fsp3) is 0.529. The summed E-state index contributed by atoms with van der Waals surface area (Å²) in [7, 11) is 4.16. The second-order valence-electron chi connectivity index (χ2n) is 11.9. The minimum atomic E-state index is -0.0791. The Morgan fingerprint density at radius 2 is 1.69 bits per heavy atom. The molecule has 2 fully saturated rings. The normalized spacial score (nSPS) is 17.2. The van der Waals surface area contributed by atoms with E-state index in [2.05, 4.69) is 75.9 Å². The summed E-state index contributed by atoms with van der Waals surface area (Å²) in [6.45, 7) is 12.9. The maximum atomic E-state index is 13.4. The van der Waals surface area contributed by atoms with E-state index >= 15 is 0 Å². The Labute approximate surface area is 252 Å². The van der Waals surface area contributed by atoms with Gasteiger partial charge in [0, 0.05) is 63.8 Å². The van der Waals surface area contributed by atoms with Gasteiger partial charge in [-0.3, -0.25) is 19.4 Å². The van der Waals surface area contributed by atoms with E-state index in [-0.39, 0.29) is 11.8 Å². The van der Waals surface area contributed by atoms with Crippen molar-refractivity contribution < 1.29 is 14.3 Å². The third kappa shape index (κ3) is 9.96. The average molecular weight is 576 g/mol. The highest BCUT2D eigenvalue weighted by Gasteiger charge is 2.29. The summed E-state index contributed by atoms with van der Waals surface area (Å²) in [6.07, 6.45) is 5.52. The molecule has 2 aliphatic rings. The maximum absolute atomic E-state index is 13.4. The van der Waals surface area contributed by atoms with Crippen molar-refractivity contribution in [2.45, 2.75) is 38.8 Å². The summed E-state index contributed by atoms with van der Waals surface area (Å²) >= 11 is 0. The molecule has 2 aliphatic heterocycles. The highest BCUT2D eigenvalue weighted by atomic mass is 16.5. The summed E-state index contributed by atoms with van der Waals surface area (Å²) in [5, 5.41) is 2.84. The second kappa shape index (κ2) is 16.4. The number of nitrogens with zero attached hydrogens (tertiary/aromatic N) is 4. The van der Waals surface area contributed by atoms with Crippen LogP contribution in [0.25, 0.3) is 0 Å². The number of carbonyl (C=O) groups excluding carboxylic acids is 2. The fourth-order valence-electron chi connectivity index (χ4n) is 5.80. The van der Waals surface area contributed by atoms with Crippen molar-refractivity contribution in [2.75, 3.05) is 73.1 Å². The van der Waals surface area contributed by atoms with Crippen molar-refractivity contribution in [3.8, 4) is 5.75 Å². The molecule has 4 rings (SSSR count). The van der Waals surface area contributed by atoms with Crippen LogP contribution in [0.15, 0.2) is 61.2 Å². The Morgan fingerprint density at radius 3 is 2.43 bits per heavy atom. The van der Waals surface area contributed by atoms with Gasteiger partial charge in [-0.2, -0.15) is 0 Å². The Kier molecular flexibility index (Phi) is 12.4. The van der Waals surface area contributed by atoms with Gasteiger partial charge in [-0.15, -0.1) is 6.58 Å². The number of hydrogen-bond acceptors (Lipinski definition) is 6. The van der Waals surface area contributed by atoms with Crippen LogP contribution in [0.2, 0.25) is 0 Å². The van der Waals surface area contributed by atoms with Crippen molar-refractivity contribution in [3.05, 3.63) is 77.9 Å². The Balaban J connectivity index is 1.18. The molecule has 0 bridgehead atoms. The molecule has 0 spiro atoms. The van der Waals surface area contributed by atoms with Gasteiger partial charge in [0.15, 0.2) is 0 Å². The summed E-state index contributed by atoms with van der Waals surface area (Å²) in [5.41, 5.74) is 3.08. The van der Waals surface area contributed by atoms with E-state index in [0.29, 0.717) is 18.0 Å². The molecule has 0 saturated carbocycles. The van der Waals surface area contributed by atoms with E-state index in [1.54, 1.807) is 6.08 Å². The molecule has 0 unspecified atom stereocenters. The minimum absolute atomic E-state index is 0.0791. The number of carbonyl (C=O) groups is 2. The summed E-state index contributed by atoms with van der Waals surface area (Å²) in [5.74, 6) is 1.30. The molecule has 42 heavy (non-hydrogen) atoms. The highest BCUT2D eigenvalue weighted by molar-refractivity contribution is 5.94. The summed E-state index contributed by atoms with van der Waals surface area (Å²) < 4.78 is 5.87. The molecule has 2 aromatic rings. The van der Waals surface area contributed by atoms with Gasteiger partial charge in [0.25, 0.3) is 5.91 Å². The number of amides is 2. The standard InChI is InChI=1S/C34H49N5O3/c1-4-16-35-33(40)31-9-5-8-29(25-31)27-37-18-6-19-39(23-22-37)34(41)30-14-20-38(21-15-30)26-28-10-12-32(13-11-28)42-24-7-17-36(2)3/h4-5,8-13,25,30H,1,6-7,14-24,26-27H2,2-3H3,(H,35,40). The van der Waals surface area contributed by atoms with Crippen molar-refractivity contribution in [1.82, 2.24) is 24.9 Å². The van der Waals surface area contributed by atoms with E-state index in [9.17, 15) is 9.59 Å². The third-order valence-corrected chi connectivity index (χ3v) is 8.19. The quantitative estimate of drug-likeness (QED) is 0.289. The average Bonchev–Trinajstić information content (AvgIpc) is 3.24. The van der Waals surface area contributed by atoms with Gasteiger partial charge in [-0.1, -0.05) is 30.3 Å². The number of ether oxygens (including phenoxy) is 1. The number of hydrogen-bond donors (Lipinski definition) is 1. The number of nitrogens with one attached hydrogen (secondary N) is 1. The van der Waals surface area contributed by atoms with Crippen LogP contribution in [0.4, 0.5) is 0 Å². The number of benzene rings is 2. The number of piperidine rings is 1. The zero-order valence-electron chi connectivity index (χ0n) is 25.6. The molecule has 2 aromatic carbocycles. The molecule has 228 valence electrons. The Hall–Kier alpha value is -3.20. The largest absolute Gasteiger partial charge is 0.494 e. The zero-order chi connectivity index (χ0) is 29.7. The molecule has 1 N–H and O–H groups in total. The molecule has 0 aromatic heterocycles. The maximum Gasteiger partial charge on any atom is 0.251 e. The molecule has 0 atom stereocenters. The smallest absolute Gasteiger partial charge is 0.251 e. The lowest BCUT2D eigenvalue weighted by molar-refractivity contribution is -0.137. The highest BCUT2D eigenvalue weighted by Crippen LogP contribution is 2.23. The number of likely N-dealkylation sites (tertiary alicyclic amines) is 1. The molecule has 2 saturated heterocycles. The third-order valence-electron chi connectivity index (χ3n) is 8.19. The van der Waals surface area contributed by atoms with Crippen molar-refractivity contribution >= 4 is 11.8 Å². The van der Waals surface area contributed by atoms with Crippen LogP contribution in [0.3, 0.4) is 0 Å². The van der Waals surface area contributed by atoms with Crippen molar-refractivity contribution in [3.63, 3.8) is 0 Å². The van der Waals surface area contributed by atoms with Crippen molar-refractivity contribution in [1.29, 1.82) is 0 Å². The molecule has 0 aliphatic carbocycles. The molecular formula is C34H49N5O3. The van der Waals surface area contributed by atoms with Gasteiger partial charge >= 0.3 is 0 Å². The van der Waals surface area contributed by atoms with E-state index < -0.39 is 0 Å². The van der Waals surface area contributed by atoms with Crippen LogP contribution < -0.4 is 10.1 Å². The van der Waals surface area contributed by atoms with Crippen LogP contribution in [0.5, 0.6) is 5.75 Å². The molecule has 2 amide bonds. The molecule has 0 radical (unpaired) electrons. The SMILES string of the molecule is C=CCNC(=O)c1cccc(CN2CCCN(C(=O)C3CCN(Cc4ccc(OCCCN(C)C)cc4)CC3)CC2)c1. The first-order valence-corrected chi connectivity index (χ1v) is 15.5. The van der Waals surface area contributed by atoms with Gasteiger partial charge in [0.05, 0.1) is 6.61 Å². The van der Waals surface area contributed by atoms with Crippen molar-refractivity contribution in [2.24, 2.45) is 5.92 Å². The first-order valence-electron chi connectivity index (χ1n) is 15.5. The van der Waals surface area contributed by atoms with E-state index in [0.717, 1.165) is 103 Å². The predicted molar refractivity (Wildman–Crippen MR) is 169 cm³/mol. The lowest BCUT2D eigenvalue weighted by atomic mass is 9.94. The monoisotopic (exact) mass is 575 g/mol. The van der Waals surface area contributed by atoms with Gasteiger partial charge in [-0.25, -0.2) is 0 Å². The Bertz CT molecular complexity index is 1140. The molecular weight excluding hydrogens is 526 g/mol. The van der Waals surface area contributed by atoms with Crippen LogP contribution in [0, 0.1) is 5.92 Å². The summed E-state index contributed by atoms with van der Waals surface area (Å²) in [4.78, 5) is 34.9. The first-order chi connectivity index (χ1) is 20.4. The van der Waals surface area contributed by atoms with E-state index in [1.807, 2.05) is 18.2 Å².